The first kappa shape index (κ1) is 19.9. The van der Waals surface area contributed by atoms with Gasteiger partial charge < -0.3 is 14.8 Å². The summed E-state index contributed by atoms with van der Waals surface area (Å²) in [6, 6.07) is 7.29. The number of amides is 1. The molecule has 27 heavy (non-hydrogen) atoms. The third-order valence-electron chi connectivity index (χ3n) is 3.44. The Labute approximate surface area is 158 Å². The smallest absolute Gasteiger partial charge is 0.339 e. The van der Waals surface area contributed by atoms with Crippen molar-refractivity contribution in [3.05, 3.63) is 68.2 Å². The first-order valence-corrected chi connectivity index (χ1v) is 7.71. The normalized spacial score (nSPS) is 10.0. The SMILES string of the molecule is COC(=O)c1cc(C(=O)Nc2ccc(Cl)c(C(=O)OC)c2)cc([N+](=O)[O-])c1. The fourth-order valence-corrected chi connectivity index (χ4v) is 2.35. The molecule has 10 heteroatoms. The van der Waals surface area contributed by atoms with Crippen molar-refractivity contribution in [1.29, 1.82) is 0 Å². The predicted molar refractivity (Wildman–Crippen MR) is 95.2 cm³/mol. The van der Waals surface area contributed by atoms with Gasteiger partial charge in [0, 0.05) is 23.4 Å². The van der Waals surface area contributed by atoms with Crippen LogP contribution in [0, 0.1) is 10.1 Å². The number of ether oxygens (including phenoxy) is 2. The van der Waals surface area contributed by atoms with Crippen molar-refractivity contribution >= 4 is 40.8 Å². The molecule has 9 nitrogen and oxygen atoms in total. The highest BCUT2D eigenvalue weighted by Crippen LogP contribution is 2.23. The first-order chi connectivity index (χ1) is 12.8. The average Bonchev–Trinajstić information content (AvgIpc) is 2.67. The summed E-state index contributed by atoms with van der Waals surface area (Å²) >= 11 is 5.91. The molecule has 0 atom stereocenters. The van der Waals surface area contributed by atoms with Crippen molar-refractivity contribution < 1.29 is 28.8 Å². The van der Waals surface area contributed by atoms with Crippen LogP contribution in [0.25, 0.3) is 0 Å². The van der Waals surface area contributed by atoms with Gasteiger partial charge in [0.25, 0.3) is 11.6 Å². The molecule has 0 aliphatic heterocycles. The number of anilines is 1. The van der Waals surface area contributed by atoms with E-state index in [-0.39, 0.29) is 27.4 Å². The van der Waals surface area contributed by atoms with Crippen LogP contribution in [-0.2, 0) is 9.47 Å². The molecule has 140 valence electrons. The molecule has 1 amide bonds. The number of halogens is 1. The van der Waals surface area contributed by atoms with Gasteiger partial charge in [-0.15, -0.1) is 0 Å². The van der Waals surface area contributed by atoms with Crippen molar-refractivity contribution in [3.63, 3.8) is 0 Å². The van der Waals surface area contributed by atoms with E-state index in [1.54, 1.807) is 0 Å². The molecule has 2 rings (SSSR count). The Hall–Kier alpha value is -3.46. The van der Waals surface area contributed by atoms with Gasteiger partial charge in [0.15, 0.2) is 0 Å². The van der Waals surface area contributed by atoms with Gasteiger partial charge in [-0.25, -0.2) is 9.59 Å². The van der Waals surface area contributed by atoms with Crippen LogP contribution in [-0.4, -0.2) is 37.0 Å². The maximum atomic E-state index is 12.5. The zero-order valence-corrected chi connectivity index (χ0v) is 14.9. The Balaban J connectivity index is 2.38. The number of carbonyl (C=O) groups is 3. The molecular formula is C17H13ClN2O7. The minimum Gasteiger partial charge on any atom is -0.465 e. The molecule has 1 N–H and O–H groups in total. The lowest BCUT2D eigenvalue weighted by molar-refractivity contribution is -0.384. The Morgan fingerprint density at radius 1 is 1.00 bits per heavy atom. The lowest BCUT2D eigenvalue weighted by atomic mass is 10.1. The van der Waals surface area contributed by atoms with Crippen molar-refractivity contribution in [3.8, 4) is 0 Å². The van der Waals surface area contributed by atoms with Gasteiger partial charge in [-0.1, -0.05) is 11.6 Å². The molecule has 0 aromatic heterocycles. The number of non-ortho nitro benzene ring substituents is 1. The number of carbonyl (C=O) groups excluding carboxylic acids is 3. The fraction of sp³-hybridized carbons (Fsp3) is 0.118. The van der Waals surface area contributed by atoms with Gasteiger partial charge in [-0.05, 0) is 24.3 Å². The van der Waals surface area contributed by atoms with Crippen LogP contribution in [0.2, 0.25) is 5.02 Å². The van der Waals surface area contributed by atoms with Crippen molar-refractivity contribution in [2.24, 2.45) is 0 Å². The van der Waals surface area contributed by atoms with Gasteiger partial charge in [0.05, 0.1) is 35.3 Å². The van der Waals surface area contributed by atoms with Crippen LogP contribution in [0.1, 0.15) is 31.1 Å². The van der Waals surface area contributed by atoms with E-state index in [4.69, 9.17) is 11.6 Å². The molecule has 2 aromatic carbocycles. The van der Waals surface area contributed by atoms with Crippen molar-refractivity contribution in [2.45, 2.75) is 0 Å². The Bertz CT molecular complexity index is 943. The third kappa shape index (κ3) is 4.59. The standard InChI is InChI=1S/C17H13ClN2O7/c1-26-16(22)10-5-9(6-12(7-10)20(24)25)15(21)19-11-3-4-14(18)13(8-11)17(23)27-2/h3-8H,1-2H3,(H,19,21). The van der Waals surface area contributed by atoms with E-state index in [0.29, 0.717) is 0 Å². The quantitative estimate of drug-likeness (QED) is 0.470. The number of esters is 2. The average molecular weight is 393 g/mol. The largest absolute Gasteiger partial charge is 0.465 e. The number of nitro benzene ring substituents is 1. The predicted octanol–water partition coefficient (Wildman–Crippen LogP) is 3.07. The number of nitro groups is 1. The molecule has 0 radical (unpaired) electrons. The summed E-state index contributed by atoms with van der Waals surface area (Å²) in [5.41, 5.74) is -0.501. The van der Waals surface area contributed by atoms with E-state index in [1.165, 1.54) is 25.3 Å². The summed E-state index contributed by atoms with van der Waals surface area (Å²) in [4.78, 5) is 46.1. The van der Waals surface area contributed by atoms with Crippen LogP contribution >= 0.6 is 11.6 Å². The van der Waals surface area contributed by atoms with Gasteiger partial charge in [-0.3, -0.25) is 14.9 Å². The summed E-state index contributed by atoms with van der Waals surface area (Å²) in [7, 11) is 2.30. The summed E-state index contributed by atoms with van der Waals surface area (Å²) in [6.45, 7) is 0. The zero-order valence-electron chi connectivity index (χ0n) is 14.1. The van der Waals surface area contributed by atoms with E-state index in [2.05, 4.69) is 14.8 Å². The molecule has 0 unspecified atom stereocenters. The molecule has 2 aromatic rings. The number of hydrogen-bond acceptors (Lipinski definition) is 7. The maximum absolute atomic E-state index is 12.5. The van der Waals surface area contributed by atoms with Gasteiger partial charge in [-0.2, -0.15) is 0 Å². The zero-order chi connectivity index (χ0) is 20.1. The van der Waals surface area contributed by atoms with E-state index >= 15 is 0 Å². The molecule has 0 saturated carbocycles. The molecule has 0 bridgehead atoms. The third-order valence-corrected chi connectivity index (χ3v) is 3.77. The number of methoxy groups -OCH3 is 2. The number of nitrogens with zero attached hydrogens (tertiary/aromatic N) is 1. The van der Waals surface area contributed by atoms with E-state index < -0.39 is 28.5 Å². The van der Waals surface area contributed by atoms with E-state index in [1.807, 2.05) is 0 Å². The maximum Gasteiger partial charge on any atom is 0.339 e. The molecular weight excluding hydrogens is 380 g/mol. The molecule has 0 fully saturated rings. The van der Waals surface area contributed by atoms with Gasteiger partial charge in [0.1, 0.15) is 0 Å². The van der Waals surface area contributed by atoms with Crippen LogP contribution in [0.4, 0.5) is 11.4 Å². The van der Waals surface area contributed by atoms with Gasteiger partial charge >= 0.3 is 11.9 Å². The second kappa shape index (κ2) is 8.28. The highest BCUT2D eigenvalue weighted by Gasteiger charge is 2.19. The molecule has 0 heterocycles. The number of nitrogens with one attached hydrogen (secondary N) is 1. The van der Waals surface area contributed by atoms with Crippen LogP contribution < -0.4 is 5.32 Å². The summed E-state index contributed by atoms with van der Waals surface area (Å²) in [6.07, 6.45) is 0. The van der Waals surface area contributed by atoms with E-state index in [9.17, 15) is 24.5 Å². The second-order valence-corrected chi connectivity index (χ2v) is 5.56. The minimum absolute atomic E-state index is 0.0336. The molecule has 0 saturated heterocycles. The lowest BCUT2D eigenvalue weighted by Gasteiger charge is -2.09. The fourth-order valence-electron chi connectivity index (χ4n) is 2.16. The highest BCUT2D eigenvalue weighted by molar-refractivity contribution is 6.33. The number of hydrogen-bond donors (Lipinski definition) is 1. The van der Waals surface area contributed by atoms with Crippen molar-refractivity contribution in [1.82, 2.24) is 0 Å². The van der Waals surface area contributed by atoms with Gasteiger partial charge in [0.2, 0.25) is 0 Å². The molecule has 0 spiro atoms. The summed E-state index contributed by atoms with van der Waals surface area (Å²) in [5.74, 6) is -2.26. The minimum atomic E-state index is -0.827. The Kier molecular flexibility index (Phi) is 6.09. The monoisotopic (exact) mass is 392 g/mol. The summed E-state index contributed by atoms with van der Waals surface area (Å²) < 4.78 is 9.13. The lowest BCUT2D eigenvalue weighted by Crippen LogP contribution is -2.14. The van der Waals surface area contributed by atoms with Crippen LogP contribution in [0.5, 0.6) is 0 Å². The Morgan fingerprint density at radius 3 is 2.22 bits per heavy atom. The molecule has 0 aliphatic rings. The number of rotatable bonds is 5. The summed E-state index contributed by atoms with van der Waals surface area (Å²) in [5, 5.41) is 13.6. The van der Waals surface area contributed by atoms with Crippen LogP contribution in [0.3, 0.4) is 0 Å². The number of benzene rings is 2. The molecule has 0 aliphatic carbocycles. The van der Waals surface area contributed by atoms with Crippen molar-refractivity contribution in [2.75, 3.05) is 19.5 Å². The highest BCUT2D eigenvalue weighted by atomic mass is 35.5. The topological polar surface area (TPSA) is 125 Å². The van der Waals surface area contributed by atoms with Crippen LogP contribution in [0.15, 0.2) is 36.4 Å². The second-order valence-electron chi connectivity index (χ2n) is 5.16. The Morgan fingerprint density at radius 2 is 1.63 bits per heavy atom. The van der Waals surface area contributed by atoms with E-state index in [0.717, 1.165) is 25.3 Å². The first-order valence-electron chi connectivity index (χ1n) is 7.33.